The predicted octanol–water partition coefficient (Wildman–Crippen LogP) is 2.86. The van der Waals surface area contributed by atoms with Gasteiger partial charge in [0.15, 0.2) is 0 Å². The van der Waals surface area contributed by atoms with Crippen molar-refractivity contribution in [2.45, 2.75) is 0 Å². The molecule has 0 bridgehead atoms. The highest BCUT2D eigenvalue weighted by atomic mass is 35.5. The zero-order valence-corrected chi connectivity index (χ0v) is 12.8. The average Bonchev–Trinajstić information content (AvgIpc) is 2.54. The fourth-order valence-corrected chi connectivity index (χ4v) is 2.07. The molecular formula is C15H12ClN3O4. The lowest BCUT2D eigenvalue weighted by molar-refractivity contribution is -0.385. The zero-order chi connectivity index (χ0) is 17.0. The van der Waals surface area contributed by atoms with Gasteiger partial charge < -0.3 is 10.6 Å². The molecule has 2 aromatic rings. The minimum absolute atomic E-state index is 0.141. The SMILES string of the molecule is CNC(=O)c1ccc(NC(=O)c2cc(Cl)ccc2[N+](=O)[O-])cc1. The van der Waals surface area contributed by atoms with Crippen LogP contribution < -0.4 is 10.6 Å². The Morgan fingerprint density at radius 3 is 2.30 bits per heavy atom. The summed E-state index contributed by atoms with van der Waals surface area (Å²) in [5.41, 5.74) is 0.350. The highest BCUT2D eigenvalue weighted by molar-refractivity contribution is 6.31. The third-order valence-electron chi connectivity index (χ3n) is 3.03. The molecule has 0 saturated heterocycles. The van der Waals surface area contributed by atoms with E-state index >= 15 is 0 Å². The van der Waals surface area contributed by atoms with Crippen molar-refractivity contribution in [3.63, 3.8) is 0 Å². The molecule has 0 aliphatic carbocycles. The van der Waals surface area contributed by atoms with Crippen LogP contribution in [-0.4, -0.2) is 23.8 Å². The van der Waals surface area contributed by atoms with Crippen LogP contribution in [0.5, 0.6) is 0 Å². The molecule has 0 radical (unpaired) electrons. The quantitative estimate of drug-likeness (QED) is 0.663. The molecule has 2 aromatic carbocycles. The number of amides is 2. The number of nitrogens with zero attached hydrogens (tertiary/aromatic N) is 1. The molecule has 0 spiro atoms. The second-order valence-corrected chi connectivity index (χ2v) is 4.97. The number of hydrogen-bond donors (Lipinski definition) is 2. The highest BCUT2D eigenvalue weighted by Gasteiger charge is 2.20. The van der Waals surface area contributed by atoms with Crippen LogP contribution in [-0.2, 0) is 0 Å². The largest absolute Gasteiger partial charge is 0.355 e. The lowest BCUT2D eigenvalue weighted by Gasteiger charge is -2.07. The number of carbonyl (C=O) groups excluding carboxylic acids is 2. The maximum atomic E-state index is 12.2. The van der Waals surface area contributed by atoms with Crippen molar-refractivity contribution in [1.82, 2.24) is 5.32 Å². The van der Waals surface area contributed by atoms with Crippen molar-refractivity contribution in [2.24, 2.45) is 0 Å². The second kappa shape index (κ2) is 6.89. The van der Waals surface area contributed by atoms with Crippen molar-refractivity contribution in [3.8, 4) is 0 Å². The van der Waals surface area contributed by atoms with Crippen LogP contribution in [0, 0.1) is 10.1 Å². The van der Waals surface area contributed by atoms with E-state index < -0.39 is 10.8 Å². The average molecular weight is 334 g/mol. The molecule has 0 heterocycles. The standard InChI is InChI=1S/C15H12ClN3O4/c1-17-14(20)9-2-5-11(6-3-9)18-15(21)12-8-10(16)4-7-13(12)19(22)23/h2-8H,1H3,(H,17,20)(H,18,21). The van der Waals surface area contributed by atoms with Crippen molar-refractivity contribution >= 4 is 34.8 Å². The van der Waals surface area contributed by atoms with E-state index in [-0.39, 0.29) is 22.2 Å². The molecule has 0 unspecified atom stereocenters. The molecule has 2 N–H and O–H groups in total. The smallest absolute Gasteiger partial charge is 0.282 e. The fourth-order valence-electron chi connectivity index (χ4n) is 1.90. The number of anilines is 1. The Morgan fingerprint density at radius 1 is 1.09 bits per heavy atom. The summed E-state index contributed by atoms with van der Waals surface area (Å²) in [6.45, 7) is 0. The van der Waals surface area contributed by atoms with Crippen LogP contribution in [0.1, 0.15) is 20.7 Å². The van der Waals surface area contributed by atoms with Crippen LogP contribution in [0.15, 0.2) is 42.5 Å². The van der Waals surface area contributed by atoms with Gasteiger partial charge in [-0.15, -0.1) is 0 Å². The Balaban J connectivity index is 2.24. The number of nitrogens with one attached hydrogen (secondary N) is 2. The van der Waals surface area contributed by atoms with E-state index in [4.69, 9.17) is 11.6 Å². The summed E-state index contributed by atoms with van der Waals surface area (Å²) in [6, 6.07) is 9.86. The monoisotopic (exact) mass is 333 g/mol. The molecule has 7 nitrogen and oxygen atoms in total. The van der Waals surface area contributed by atoms with Gasteiger partial charge in [0.1, 0.15) is 5.56 Å². The molecule has 8 heteroatoms. The minimum Gasteiger partial charge on any atom is -0.355 e. The molecule has 118 valence electrons. The van der Waals surface area contributed by atoms with Crippen LogP contribution in [0.4, 0.5) is 11.4 Å². The number of benzene rings is 2. The molecule has 0 aliphatic heterocycles. The van der Waals surface area contributed by atoms with Gasteiger partial charge in [-0.1, -0.05) is 11.6 Å². The van der Waals surface area contributed by atoms with Crippen molar-refractivity contribution < 1.29 is 14.5 Å². The van der Waals surface area contributed by atoms with Gasteiger partial charge in [-0.25, -0.2) is 0 Å². The normalized spacial score (nSPS) is 10.0. The number of hydrogen-bond acceptors (Lipinski definition) is 4. The predicted molar refractivity (Wildman–Crippen MR) is 85.9 cm³/mol. The summed E-state index contributed by atoms with van der Waals surface area (Å²) < 4.78 is 0. The van der Waals surface area contributed by atoms with Gasteiger partial charge in [-0.3, -0.25) is 19.7 Å². The Morgan fingerprint density at radius 2 is 1.74 bits per heavy atom. The Kier molecular flexibility index (Phi) is 4.92. The van der Waals surface area contributed by atoms with Crippen LogP contribution in [0.3, 0.4) is 0 Å². The van der Waals surface area contributed by atoms with Crippen molar-refractivity contribution in [2.75, 3.05) is 12.4 Å². The van der Waals surface area contributed by atoms with Gasteiger partial charge in [-0.05, 0) is 36.4 Å². The third-order valence-corrected chi connectivity index (χ3v) is 3.27. The maximum absolute atomic E-state index is 12.2. The summed E-state index contributed by atoms with van der Waals surface area (Å²) in [7, 11) is 1.51. The molecule has 23 heavy (non-hydrogen) atoms. The first-order chi connectivity index (χ1) is 10.9. The maximum Gasteiger partial charge on any atom is 0.282 e. The van der Waals surface area contributed by atoms with E-state index in [1.807, 2.05) is 0 Å². The number of carbonyl (C=O) groups is 2. The first kappa shape index (κ1) is 16.4. The molecule has 0 aliphatic rings. The molecule has 0 aromatic heterocycles. The van der Waals surface area contributed by atoms with E-state index in [0.29, 0.717) is 11.3 Å². The van der Waals surface area contributed by atoms with Crippen molar-refractivity contribution in [3.05, 3.63) is 68.7 Å². The molecular weight excluding hydrogens is 322 g/mol. The second-order valence-electron chi connectivity index (χ2n) is 4.53. The van der Waals surface area contributed by atoms with E-state index in [1.54, 1.807) is 0 Å². The molecule has 0 saturated carbocycles. The van der Waals surface area contributed by atoms with Gasteiger partial charge in [0.2, 0.25) is 0 Å². The fraction of sp³-hybridized carbons (Fsp3) is 0.0667. The summed E-state index contributed by atoms with van der Waals surface area (Å²) in [5, 5.41) is 16.2. The summed E-state index contributed by atoms with van der Waals surface area (Å²) in [5.74, 6) is -0.916. The van der Waals surface area contributed by atoms with Crippen LogP contribution in [0.2, 0.25) is 5.02 Å². The third kappa shape index (κ3) is 3.83. The lowest BCUT2D eigenvalue weighted by Crippen LogP contribution is -2.18. The van der Waals surface area contributed by atoms with Crippen LogP contribution in [0.25, 0.3) is 0 Å². The number of nitro benzene ring substituents is 1. The van der Waals surface area contributed by atoms with Gasteiger partial charge in [-0.2, -0.15) is 0 Å². The van der Waals surface area contributed by atoms with Gasteiger partial charge in [0.05, 0.1) is 4.92 Å². The van der Waals surface area contributed by atoms with Crippen molar-refractivity contribution in [1.29, 1.82) is 0 Å². The number of rotatable bonds is 4. The Bertz CT molecular complexity index is 775. The zero-order valence-electron chi connectivity index (χ0n) is 12.0. The first-order valence-electron chi connectivity index (χ1n) is 6.50. The molecule has 0 fully saturated rings. The lowest BCUT2D eigenvalue weighted by atomic mass is 10.1. The van der Waals surface area contributed by atoms with Gasteiger partial charge in [0.25, 0.3) is 17.5 Å². The Labute approximate surface area is 136 Å². The molecule has 2 rings (SSSR count). The van der Waals surface area contributed by atoms with E-state index in [1.165, 1.54) is 49.5 Å². The van der Waals surface area contributed by atoms with Crippen LogP contribution >= 0.6 is 11.6 Å². The van der Waals surface area contributed by atoms with Gasteiger partial charge in [0, 0.05) is 29.4 Å². The number of halogens is 1. The van der Waals surface area contributed by atoms with E-state index in [2.05, 4.69) is 10.6 Å². The van der Waals surface area contributed by atoms with E-state index in [0.717, 1.165) is 0 Å². The summed E-state index contributed by atoms with van der Waals surface area (Å²) in [6.07, 6.45) is 0. The minimum atomic E-state index is -0.660. The summed E-state index contributed by atoms with van der Waals surface area (Å²) >= 11 is 5.79. The van der Waals surface area contributed by atoms with Gasteiger partial charge >= 0.3 is 0 Å². The highest BCUT2D eigenvalue weighted by Crippen LogP contribution is 2.24. The first-order valence-corrected chi connectivity index (χ1v) is 6.87. The Hall–Kier alpha value is -2.93. The number of nitro groups is 1. The topological polar surface area (TPSA) is 101 Å². The molecule has 2 amide bonds. The van der Waals surface area contributed by atoms with E-state index in [9.17, 15) is 19.7 Å². The molecule has 0 atom stereocenters. The summed E-state index contributed by atoms with van der Waals surface area (Å²) in [4.78, 5) is 34.0.